The summed E-state index contributed by atoms with van der Waals surface area (Å²) in [6, 6.07) is 56.5. The van der Waals surface area contributed by atoms with E-state index in [9.17, 15) is 0 Å². The third-order valence-corrected chi connectivity index (χ3v) is 15.0. The van der Waals surface area contributed by atoms with E-state index in [1.165, 1.54) is 132 Å². The molecule has 0 spiro atoms. The molecule has 0 nitrogen and oxygen atoms in total. The fraction of sp³-hybridized carbons (Fsp3) is 0.186. The van der Waals surface area contributed by atoms with E-state index in [1.54, 1.807) is 0 Å². The van der Waals surface area contributed by atoms with Crippen molar-refractivity contribution in [3.05, 3.63) is 190 Å². The van der Waals surface area contributed by atoms with E-state index in [1.807, 2.05) is 0 Å². The number of hydrogen-bond donors (Lipinski definition) is 0. The zero-order valence-corrected chi connectivity index (χ0v) is 35.4. The van der Waals surface area contributed by atoms with Gasteiger partial charge in [-0.05, 0) is 177 Å². The van der Waals surface area contributed by atoms with E-state index in [0.717, 1.165) is 0 Å². The minimum atomic E-state index is -0.121. The first kappa shape index (κ1) is 34.8. The Balaban J connectivity index is 0.905. The lowest BCUT2D eigenvalue weighted by Crippen LogP contribution is -2.16. The monoisotopic (exact) mass is 756 g/mol. The predicted molar refractivity (Wildman–Crippen MR) is 252 cm³/mol. The van der Waals surface area contributed by atoms with Gasteiger partial charge in [-0.25, -0.2) is 0 Å². The minimum Gasteiger partial charge on any atom is -0.0619 e. The first-order valence-electron chi connectivity index (χ1n) is 21.4. The largest absolute Gasteiger partial charge is 0.0619 e. The molecular weight excluding hydrogens is 709 g/mol. The van der Waals surface area contributed by atoms with Crippen LogP contribution in [0.15, 0.2) is 146 Å². The van der Waals surface area contributed by atoms with Crippen LogP contribution in [0.2, 0.25) is 0 Å². The van der Waals surface area contributed by atoms with Crippen molar-refractivity contribution >= 4 is 32.3 Å². The average Bonchev–Trinajstić information content (AvgIpc) is 3.70. The van der Waals surface area contributed by atoms with Crippen LogP contribution in [0.4, 0.5) is 0 Å². The highest BCUT2D eigenvalue weighted by atomic mass is 14.4. The van der Waals surface area contributed by atoms with Gasteiger partial charge in [0, 0.05) is 16.2 Å². The highest BCUT2D eigenvalue weighted by Crippen LogP contribution is 2.54. The van der Waals surface area contributed by atoms with Crippen molar-refractivity contribution in [3.63, 3.8) is 0 Å². The van der Waals surface area contributed by atoms with Crippen LogP contribution in [-0.2, 0) is 16.2 Å². The van der Waals surface area contributed by atoms with Crippen LogP contribution in [0.3, 0.4) is 0 Å². The van der Waals surface area contributed by atoms with Crippen LogP contribution in [0.5, 0.6) is 0 Å². The second kappa shape index (κ2) is 11.5. The highest BCUT2D eigenvalue weighted by molar-refractivity contribution is 6.18. The molecule has 59 heavy (non-hydrogen) atoms. The average molecular weight is 757 g/mol. The summed E-state index contributed by atoms with van der Waals surface area (Å²) in [5.74, 6) is 0. The Hall–Kier alpha value is -6.24. The standard InChI is InChI=1S/C59H48/c1-33-25-34(2)56-50(26-33)49-32-48-40(31-55(49)59(56,7)8)18-20-42-41-19-13-35(27-39(41)17-21-43(42)48)36-14-23-46-47-24-16-38(30-54(47)58(5,6)53(46)28-36)37-15-22-45-44-11-9-10-12-51(44)57(3,4)52(45)29-37/h9-32H,1-8H3. The number of hydrogen-bond acceptors (Lipinski definition) is 0. The molecular formula is C59H48. The van der Waals surface area contributed by atoms with Gasteiger partial charge in [-0.3, -0.25) is 0 Å². The van der Waals surface area contributed by atoms with Gasteiger partial charge in [0.15, 0.2) is 0 Å². The van der Waals surface area contributed by atoms with E-state index in [2.05, 4.69) is 201 Å². The van der Waals surface area contributed by atoms with Crippen molar-refractivity contribution < 1.29 is 0 Å². The van der Waals surface area contributed by atoms with Crippen molar-refractivity contribution in [2.75, 3.05) is 0 Å². The Bertz CT molecular complexity index is 3360. The fourth-order valence-corrected chi connectivity index (χ4v) is 12.0. The molecule has 0 N–H and O–H groups in total. The summed E-state index contributed by atoms with van der Waals surface area (Å²) in [6.45, 7) is 18.8. The topological polar surface area (TPSA) is 0 Å². The third kappa shape index (κ3) is 4.61. The van der Waals surface area contributed by atoms with Crippen molar-refractivity contribution in [2.24, 2.45) is 0 Å². The molecule has 0 fully saturated rings. The van der Waals surface area contributed by atoms with Crippen LogP contribution in [0.25, 0.3) is 88.0 Å². The summed E-state index contributed by atoms with van der Waals surface area (Å²) < 4.78 is 0. The van der Waals surface area contributed by atoms with Crippen molar-refractivity contribution in [1.29, 1.82) is 0 Å². The van der Waals surface area contributed by atoms with Crippen LogP contribution in [0.1, 0.15) is 86.1 Å². The number of benzene rings is 9. The lowest BCUT2D eigenvalue weighted by atomic mass is 9.79. The van der Waals surface area contributed by atoms with E-state index >= 15 is 0 Å². The Kier molecular flexibility index (Phi) is 6.77. The zero-order valence-electron chi connectivity index (χ0n) is 35.4. The molecule has 0 bridgehead atoms. The molecule has 0 unspecified atom stereocenters. The second-order valence-corrected chi connectivity index (χ2v) is 19.5. The summed E-state index contributed by atoms with van der Waals surface area (Å²) >= 11 is 0. The number of rotatable bonds is 2. The molecule has 0 heteroatoms. The minimum absolute atomic E-state index is 0.0152. The van der Waals surface area contributed by atoms with Crippen LogP contribution < -0.4 is 0 Å². The third-order valence-electron chi connectivity index (χ3n) is 15.0. The maximum atomic E-state index is 2.48. The van der Waals surface area contributed by atoms with E-state index < -0.39 is 0 Å². The molecule has 9 aromatic carbocycles. The van der Waals surface area contributed by atoms with Crippen LogP contribution in [0, 0.1) is 13.8 Å². The molecule has 0 amide bonds. The van der Waals surface area contributed by atoms with E-state index in [4.69, 9.17) is 0 Å². The van der Waals surface area contributed by atoms with Crippen molar-refractivity contribution in [3.8, 4) is 55.6 Å². The van der Waals surface area contributed by atoms with Gasteiger partial charge in [-0.2, -0.15) is 0 Å². The number of aryl methyl sites for hydroxylation is 2. The normalized spacial score (nSPS) is 15.9. The maximum Gasteiger partial charge on any atom is 0.0161 e. The fourth-order valence-electron chi connectivity index (χ4n) is 12.0. The van der Waals surface area contributed by atoms with Gasteiger partial charge in [0.05, 0.1) is 0 Å². The molecule has 12 rings (SSSR count). The quantitative estimate of drug-likeness (QED) is 0.154. The molecule has 284 valence electrons. The summed E-state index contributed by atoms with van der Waals surface area (Å²) in [5.41, 5.74) is 24.5. The van der Waals surface area contributed by atoms with Gasteiger partial charge in [0.1, 0.15) is 0 Å². The van der Waals surface area contributed by atoms with Gasteiger partial charge in [-0.1, -0.05) is 156 Å². The van der Waals surface area contributed by atoms with Gasteiger partial charge in [0.25, 0.3) is 0 Å². The molecule has 0 saturated heterocycles. The Labute approximate surface area is 348 Å². The van der Waals surface area contributed by atoms with Crippen molar-refractivity contribution in [1.82, 2.24) is 0 Å². The molecule has 9 aromatic rings. The molecule has 3 aliphatic rings. The zero-order chi connectivity index (χ0) is 40.3. The summed E-state index contributed by atoms with van der Waals surface area (Å²) in [7, 11) is 0. The van der Waals surface area contributed by atoms with Crippen LogP contribution in [-0.4, -0.2) is 0 Å². The Morgan fingerprint density at radius 1 is 0.305 bits per heavy atom. The molecule has 0 heterocycles. The van der Waals surface area contributed by atoms with E-state index in [0.29, 0.717) is 0 Å². The van der Waals surface area contributed by atoms with Crippen molar-refractivity contribution in [2.45, 2.75) is 71.6 Å². The predicted octanol–water partition coefficient (Wildman–Crippen LogP) is 16.0. The summed E-state index contributed by atoms with van der Waals surface area (Å²) in [5, 5.41) is 7.88. The van der Waals surface area contributed by atoms with Crippen LogP contribution >= 0.6 is 0 Å². The Morgan fingerprint density at radius 2 is 0.780 bits per heavy atom. The summed E-state index contributed by atoms with van der Waals surface area (Å²) in [4.78, 5) is 0. The van der Waals surface area contributed by atoms with Gasteiger partial charge >= 0.3 is 0 Å². The first-order chi connectivity index (χ1) is 28.3. The summed E-state index contributed by atoms with van der Waals surface area (Å²) in [6.07, 6.45) is 0. The first-order valence-corrected chi connectivity index (χ1v) is 21.4. The molecule has 3 aliphatic carbocycles. The molecule has 0 saturated carbocycles. The van der Waals surface area contributed by atoms with Gasteiger partial charge < -0.3 is 0 Å². The SMILES string of the molecule is Cc1cc(C)c2c(c1)-c1cc3c(ccc4c5ccc(-c6ccc7c(c6)C(C)(C)c6cc(-c8ccc9c(c8)C(C)(C)c8ccccc8-9)ccc6-7)cc5ccc34)cc1C2(C)C. The lowest BCUT2D eigenvalue weighted by Gasteiger charge is -2.24. The Morgan fingerprint density at radius 3 is 1.41 bits per heavy atom. The highest BCUT2D eigenvalue weighted by Gasteiger charge is 2.39. The van der Waals surface area contributed by atoms with Gasteiger partial charge in [-0.15, -0.1) is 0 Å². The molecule has 0 aromatic heterocycles. The smallest absolute Gasteiger partial charge is 0.0161 e. The van der Waals surface area contributed by atoms with Gasteiger partial charge in [0.2, 0.25) is 0 Å². The molecule has 0 atom stereocenters. The van der Waals surface area contributed by atoms with E-state index in [-0.39, 0.29) is 16.2 Å². The molecule has 0 radical (unpaired) electrons. The molecule has 0 aliphatic heterocycles. The number of fused-ring (bicyclic) bond motifs is 14. The maximum absolute atomic E-state index is 2.48. The lowest BCUT2D eigenvalue weighted by molar-refractivity contribution is 0.656. The second-order valence-electron chi connectivity index (χ2n) is 19.5.